The first kappa shape index (κ1) is 34.5. The number of nitrogens with two attached hydrogens (primary N) is 2. The van der Waals surface area contributed by atoms with Crippen molar-refractivity contribution < 1.29 is 5.11 Å². The molecule has 5 N–H and O–H groups in total. The molecule has 42 heavy (non-hydrogen) atoms. The molecule has 0 saturated heterocycles. The summed E-state index contributed by atoms with van der Waals surface area (Å²) in [4.78, 5) is 0. The molecule has 7 unspecified atom stereocenters. The maximum atomic E-state index is 8.62. The Bertz CT molecular complexity index is 1100. The largest absolute Gasteiger partial charge is 0.399 e. The Morgan fingerprint density at radius 3 is 2.26 bits per heavy atom. The van der Waals surface area contributed by atoms with E-state index in [9.17, 15) is 0 Å². The van der Waals surface area contributed by atoms with Gasteiger partial charge in [0.25, 0.3) is 0 Å². The minimum absolute atomic E-state index is 0.128. The zero-order valence-electron chi connectivity index (χ0n) is 28.3. The van der Waals surface area contributed by atoms with E-state index in [1.807, 2.05) is 23.3 Å². The molecule has 0 spiro atoms. The third-order valence-electron chi connectivity index (χ3n) is 12.5. The quantitative estimate of drug-likeness (QED) is 0.233. The molecular weight excluding hydrogens is 512 g/mol. The van der Waals surface area contributed by atoms with Gasteiger partial charge in [0.1, 0.15) is 0 Å². The van der Waals surface area contributed by atoms with Gasteiger partial charge < -0.3 is 16.6 Å². The number of aliphatic hydroxyl groups is 1. The standard InChI is InChI=1S/C29H48.C8H12N2O.C2H4/c1-20(2)10-8-11-22(4)24-15-18-29(7)26-14-13-23-21(3)12-9-17-27(23,5)25(26)16-19-28(24,29)6;9-7-3-6(1-2-11)4-8(10)5-7;1-2/h10,21-24H,8-9,11-19H2,1-7H3;3-5,11H,1-2,9-10H2;1-2H2. The highest BCUT2D eigenvalue weighted by Gasteiger charge is 2.61. The van der Waals surface area contributed by atoms with Gasteiger partial charge in [-0.1, -0.05) is 70.3 Å². The van der Waals surface area contributed by atoms with Crippen molar-refractivity contribution in [3.05, 3.63) is 59.7 Å². The van der Waals surface area contributed by atoms with Crippen LogP contribution in [0.15, 0.2) is 54.2 Å². The van der Waals surface area contributed by atoms with Crippen molar-refractivity contribution in [3.8, 4) is 0 Å². The molecule has 0 aliphatic heterocycles. The van der Waals surface area contributed by atoms with Gasteiger partial charge in [0.05, 0.1) is 0 Å². The SMILES string of the molecule is C=C.CC(C)=CCCC(C)C1CCC2(C)C3=C(CCC12C)C1(C)CCCC(C)C1CC3.Nc1cc(N)cc(CCO)c1. The highest BCUT2D eigenvalue weighted by molar-refractivity contribution is 5.54. The van der Waals surface area contributed by atoms with Crippen LogP contribution in [0, 0.1) is 39.9 Å². The molecule has 1 aromatic rings. The number of allylic oxidation sites excluding steroid dienone is 4. The third-order valence-corrected chi connectivity index (χ3v) is 12.5. The van der Waals surface area contributed by atoms with E-state index in [1.54, 1.807) is 6.07 Å². The molecule has 0 bridgehead atoms. The molecular formula is C39H64N2O. The Hall–Kier alpha value is -2.00. The molecule has 0 heterocycles. The Morgan fingerprint density at radius 1 is 0.976 bits per heavy atom. The van der Waals surface area contributed by atoms with Crippen LogP contribution in [-0.2, 0) is 6.42 Å². The number of anilines is 2. The molecule has 3 nitrogen and oxygen atoms in total. The fraction of sp³-hybridized carbons (Fsp3) is 0.692. The van der Waals surface area contributed by atoms with Gasteiger partial charge in [0, 0.05) is 18.0 Å². The molecule has 0 aromatic heterocycles. The van der Waals surface area contributed by atoms with Crippen molar-refractivity contribution in [1.82, 2.24) is 0 Å². The first-order valence-corrected chi connectivity index (χ1v) is 17.0. The van der Waals surface area contributed by atoms with Gasteiger partial charge in [0.15, 0.2) is 0 Å². The van der Waals surface area contributed by atoms with E-state index < -0.39 is 0 Å². The van der Waals surface area contributed by atoms with Crippen LogP contribution in [0.25, 0.3) is 0 Å². The average molecular weight is 577 g/mol. The molecule has 4 aliphatic carbocycles. The predicted molar refractivity (Wildman–Crippen MR) is 184 cm³/mol. The van der Waals surface area contributed by atoms with E-state index >= 15 is 0 Å². The van der Waals surface area contributed by atoms with Crippen LogP contribution in [0.4, 0.5) is 11.4 Å². The highest BCUT2D eigenvalue weighted by Crippen LogP contribution is 2.71. The van der Waals surface area contributed by atoms with E-state index in [-0.39, 0.29) is 6.61 Å². The van der Waals surface area contributed by atoms with Gasteiger partial charge in [-0.25, -0.2) is 0 Å². The Labute approximate surface area is 259 Å². The second-order valence-corrected chi connectivity index (χ2v) is 15.1. The number of benzene rings is 1. The zero-order chi connectivity index (χ0) is 31.3. The molecule has 236 valence electrons. The first-order valence-electron chi connectivity index (χ1n) is 17.0. The summed E-state index contributed by atoms with van der Waals surface area (Å²) in [6.07, 6.45) is 18.8. The number of fused-ring (bicyclic) bond motifs is 4. The summed E-state index contributed by atoms with van der Waals surface area (Å²) in [6, 6.07) is 5.32. The van der Waals surface area contributed by atoms with Crippen molar-refractivity contribution in [2.45, 2.75) is 126 Å². The normalized spacial score (nSPS) is 34.0. The predicted octanol–water partition coefficient (Wildman–Crippen LogP) is 10.3. The van der Waals surface area contributed by atoms with Crippen molar-refractivity contribution in [1.29, 1.82) is 0 Å². The van der Waals surface area contributed by atoms with Crippen LogP contribution < -0.4 is 11.5 Å². The van der Waals surface area contributed by atoms with Gasteiger partial charge in [-0.2, -0.15) is 0 Å². The van der Waals surface area contributed by atoms with Gasteiger partial charge in [-0.3, -0.25) is 0 Å². The summed E-state index contributed by atoms with van der Waals surface area (Å²) in [6.45, 7) is 23.9. The van der Waals surface area contributed by atoms with E-state index in [0.29, 0.717) is 34.0 Å². The highest BCUT2D eigenvalue weighted by atomic mass is 16.2. The summed E-state index contributed by atoms with van der Waals surface area (Å²) in [5.41, 5.74) is 20.3. The van der Waals surface area contributed by atoms with Crippen molar-refractivity contribution in [3.63, 3.8) is 0 Å². The van der Waals surface area contributed by atoms with Gasteiger partial charge in [-0.15, -0.1) is 13.2 Å². The topological polar surface area (TPSA) is 72.3 Å². The van der Waals surface area contributed by atoms with E-state index in [0.717, 1.165) is 29.2 Å². The summed E-state index contributed by atoms with van der Waals surface area (Å²) in [5.74, 6) is 3.68. The average Bonchev–Trinajstić information content (AvgIpc) is 3.21. The van der Waals surface area contributed by atoms with Gasteiger partial charge >= 0.3 is 0 Å². The maximum Gasteiger partial charge on any atom is 0.0471 e. The Morgan fingerprint density at radius 2 is 1.64 bits per heavy atom. The second-order valence-electron chi connectivity index (χ2n) is 15.1. The minimum atomic E-state index is 0.128. The van der Waals surface area contributed by atoms with Gasteiger partial charge in [0.2, 0.25) is 0 Å². The monoisotopic (exact) mass is 577 g/mol. The lowest BCUT2D eigenvalue weighted by atomic mass is 9.45. The van der Waals surface area contributed by atoms with Crippen LogP contribution >= 0.6 is 0 Å². The Kier molecular flexibility index (Phi) is 11.7. The molecule has 5 rings (SSSR count). The Balaban J connectivity index is 0.000000313. The minimum Gasteiger partial charge on any atom is -0.399 e. The summed E-state index contributed by atoms with van der Waals surface area (Å²) in [5, 5.41) is 8.62. The second kappa shape index (κ2) is 14.2. The molecule has 3 heteroatoms. The van der Waals surface area contributed by atoms with E-state index in [1.165, 1.54) is 76.2 Å². The van der Waals surface area contributed by atoms with Crippen LogP contribution in [0.1, 0.15) is 125 Å². The van der Waals surface area contributed by atoms with E-state index in [4.69, 9.17) is 16.6 Å². The van der Waals surface area contributed by atoms with Crippen LogP contribution in [0.5, 0.6) is 0 Å². The lowest BCUT2D eigenvalue weighted by Crippen LogP contribution is -2.49. The number of nitrogen functional groups attached to an aromatic ring is 2. The van der Waals surface area contributed by atoms with Crippen molar-refractivity contribution in [2.75, 3.05) is 18.1 Å². The number of hydrogen-bond donors (Lipinski definition) is 3. The maximum absolute atomic E-state index is 8.62. The number of aliphatic hydroxyl groups excluding tert-OH is 1. The molecule has 0 amide bonds. The summed E-state index contributed by atoms with van der Waals surface area (Å²) >= 11 is 0. The van der Waals surface area contributed by atoms with Crippen LogP contribution in [0.2, 0.25) is 0 Å². The molecule has 4 aliphatic rings. The van der Waals surface area contributed by atoms with Crippen molar-refractivity contribution >= 4 is 11.4 Å². The zero-order valence-corrected chi connectivity index (χ0v) is 28.3. The molecule has 7 atom stereocenters. The fourth-order valence-electron chi connectivity index (χ4n) is 10.2. The summed E-state index contributed by atoms with van der Waals surface area (Å²) < 4.78 is 0. The van der Waals surface area contributed by atoms with Crippen LogP contribution in [-0.4, -0.2) is 11.7 Å². The molecule has 2 saturated carbocycles. The molecule has 1 aromatic carbocycles. The lowest BCUT2D eigenvalue weighted by molar-refractivity contribution is 0.00900. The number of rotatable bonds is 6. The fourth-order valence-corrected chi connectivity index (χ4v) is 10.2. The number of hydrogen-bond acceptors (Lipinski definition) is 3. The third kappa shape index (κ3) is 6.72. The lowest BCUT2D eigenvalue weighted by Gasteiger charge is -2.59. The molecule has 0 radical (unpaired) electrons. The van der Waals surface area contributed by atoms with Crippen LogP contribution in [0.3, 0.4) is 0 Å². The van der Waals surface area contributed by atoms with E-state index in [2.05, 4.69) is 67.7 Å². The smallest absolute Gasteiger partial charge is 0.0471 e. The first-order chi connectivity index (χ1) is 19.9. The van der Waals surface area contributed by atoms with Crippen molar-refractivity contribution in [2.24, 2.45) is 39.9 Å². The molecule has 2 fully saturated rings. The van der Waals surface area contributed by atoms with Gasteiger partial charge in [-0.05, 0) is 142 Å². The summed E-state index contributed by atoms with van der Waals surface area (Å²) in [7, 11) is 0.